The third-order valence-corrected chi connectivity index (χ3v) is 1.93. The number of benzene rings is 1. The molecule has 0 aromatic heterocycles. The van der Waals surface area contributed by atoms with Crippen molar-refractivity contribution < 1.29 is 27.0 Å². The average Bonchev–Trinajstić information content (AvgIpc) is 2.26. The van der Waals surface area contributed by atoms with Gasteiger partial charge in [0.25, 0.3) is 0 Å². The Morgan fingerprint density at radius 1 is 1.11 bits per heavy atom. The summed E-state index contributed by atoms with van der Waals surface area (Å²) in [6.45, 7) is -1.50. The number of alkyl halides is 3. The summed E-state index contributed by atoms with van der Waals surface area (Å²) in [4.78, 5) is 0. The molecular weight excluding hydrogens is 254 g/mol. The van der Waals surface area contributed by atoms with Gasteiger partial charge >= 0.3 is 6.18 Å². The van der Waals surface area contributed by atoms with Gasteiger partial charge in [-0.15, -0.1) is 0 Å². The Morgan fingerprint density at radius 3 is 2.44 bits per heavy atom. The van der Waals surface area contributed by atoms with Crippen LogP contribution in [0.1, 0.15) is 5.56 Å². The maximum Gasteiger partial charge on any atom is 0.411 e. The second-order valence-electron chi connectivity index (χ2n) is 3.52. The standard InChI is InChI=1S/C11H13F4NO2/c12-9-3-8(6-16)4-10(5-9)18-2-1-17-7-11(13,14)15/h3-5H,1-2,6-7,16H2. The summed E-state index contributed by atoms with van der Waals surface area (Å²) in [6.07, 6.45) is -4.36. The van der Waals surface area contributed by atoms with Crippen LogP contribution in [-0.4, -0.2) is 26.0 Å². The van der Waals surface area contributed by atoms with Gasteiger partial charge in [-0.25, -0.2) is 4.39 Å². The SMILES string of the molecule is NCc1cc(F)cc(OCCOCC(F)(F)F)c1. The van der Waals surface area contributed by atoms with Gasteiger partial charge in [0.2, 0.25) is 0 Å². The van der Waals surface area contributed by atoms with Crippen LogP contribution in [0.4, 0.5) is 17.6 Å². The summed E-state index contributed by atoms with van der Waals surface area (Å²) in [7, 11) is 0. The average molecular weight is 267 g/mol. The maximum atomic E-state index is 13.0. The van der Waals surface area contributed by atoms with E-state index in [0.717, 1.165) is 6.07 Å². The summed E-state index contributed by atoms with van der Waals surface area (Å²) in [5, 5.41) is 0. The Morgan fingerprint density at radius 2 is 1.83 bits per heavy atom. The molecule has 3 nitrogen and oxygen atoms in total. The number of hydrogen-bond acceptors (Lipinski definition) is 3. The van der Waals surface area contributed by atoms with Crippen LogP contribution in [0.25, 0.3) is 0 Å². The van der Waals surface area contributed by atoms with Crippen LogP contribution in [0.3, 0.4) is 0 Å². The molecule has 0 bridgehead atoms. The van der Waals surface area contributed by atoms with Gasteiger partial charge in [-0.1, -0.05) is 0 Å². The van der Waals surface area contributed by atoms with Crippen LogP contribution < -0.4 is 10.5 Å². The van der Waals surface area contributed by atoms with Crippen molar-refractivity contribution in [3.05, 3.63) is 29.6 Å². The number of halogens is 4. The highest BCUT2D eigenvalue weighted by Gasteiger charge is 2.27. The van der Waals surface area contributed by atoms with Crippen LogP contribution >= 0.6 is 0 Å². The van der Waals surface area contributed by atoms with Gasteiger partial charge in [0.15, 0.2) is 0 Å². The van der Waals surface area contributed by atoms with Crippen LogP contribution in [0.15, 0.2) is 18.2 Å². The number of hydrogen-bond donors (Lipinski definition) is 1. The molecule has 0 aliphatic rings. The summed E-state index contributed by atoms with van der Waals surface area (Å²) in [6, 6.07) is 3.91. The summed E-state index contributed by atoms with van der Waals surface area (Å²) < 4.78 is 57.6. The van der Waals surface area contributed by atoms with E-state index in [-0.39, 0.29) is 25.5 Å². The van der Waals surface area contributed by atoms with Gasteiger partial charge in [-0.3, -0.25) is 0 Å². The molecule has 1 rings (SSSR count). The molecule has 102 valence electrons. The van der Waals surface area contributed by atoms with E-state index in [0.29, 0.717) is 5.56 Å². The van der Waals surface area contributed by atoms with E-state index in [1.807, 2.05) is 0 Å². The molecule has 18 heavy (non-hydrogen) atoms. The topological polar surface area (TPSA) is 44.5 Å². The number of rotatable bonds is 6. The second kappa shape index (κ2) is 6.55. The molecule has 0 aliphatic heterocycles. The minimum absolute atomic E-state index is 0.0937. The molecule has 0 aliphatic carbocycles. The zero-order valence-corrected chi connectivity index (χ0v) is 9.47. The fourth-order valence-corrected chi connectivity index (χ4v) is 1.23. The Balaban J connectivity index is 2.33. The van der Waals surface area contributed by atoms with Crippen LogP contribution in [-0.2, 0) is 11.3 Å². The molecule has 0 fully saturated rings. The lowest BCUT2D eigenvalue weighted by Gasteiger charge is -2.10. The van der Waals surface area contributed by atoms with Gasteiger partial charge in [0.05, 0.1) is 6.61 Å². The molecule has 7 heteroatoms. The van der Waals surface area contributed by atoms with Crippen LogP contribution in [0.2, 0.25) is 0 Å². The minimum Gasteiger partial charge on any atom is -0.491 e. The highest BCUT2D eigenvalue weighted by atomic mass is 19.4. The first-order valence-electron chi connectivity index (χ1n) is 5.17. The van der Waals surface area contributed by atoms with Crippen molar-refractivity contribution in [2.75, 3.05) is 19.8 Å². The van der Waals surface area contributed by atoms with Crippen molar-refractivity contribution in [3.63, 3.8) is 0 Å². The van der Waals surface area contributed by atoms with Gasteiger partial charge < -0.3 is 15.2 Å². The highest BCUT2D eigenvalue weighted by Crippen LogP contribution is 2.17. The molecular formula is C11H13F4NO2. The molecule has 0 saturated carbocycles. The van der Waals surface area contributed by atoms with Crippen LogP contribution in [0, 0.1) is 5.82 Å². The van der Waals surface area contributed by atoms with E-state index in [9.17, 15) is 17.6 Å². The third-order valence-electron chi connectivity index (χ3n) is 1.93. The summed E-state index contributed by atoms with van der Waals surface area (Å²) in [5.41, 5.74) is 5.88. The Bertz CT molecular complexity index is 382. The largest absolute Gasteiger partial charge is 0.491 e. The van der Waals surface area contributed by atoms with E-state index in [4.69, 9.17) is 10.5 Å². The van der Waals surface area contributed by atoms with Crippen molar-refractivity contribution in [1.29, 1.82) is 0 Å². The van der Waals surface area contributed by atoms with Gasteiger partial charge in [-0.2, -0.15) is 13.2 Å². The number of ether oxygens (including phenoxy) is 2. The molecule has 0 heterocycles. The van der Waals surface area contributed by atoms with Crippen molar-refractivity contribution >= 4 is 0 Å². The van der Waals surface area contributed by atoms with Crippen molar-refractivity contribution in [2.24, 2.45) is 5.73 Å². The zero-order valence-electron chi connectivity index (χ0n) is 9.47. The van der Waals surface area contributed by atoms with E-state index in [2.05, 4.69) is 4.74 Å². The summed E-state index contributed by atoms with van der Waals surface area (Å²) in [5.74, 6) is -0.296. The lowest BCUT2D eigenvalue weighted by molar-refractivity contribution is -0.175. The predicted molar refractivity (Wildman–Crippen MR) is 56.7 cm³/mol. The second-order valence-corrected chi connectivity index (χ2v) is 3.52. The monoisotopic (exact) mass is 267 g/mol. The van der Waals surface area contributed by atoms with E-state index < -0.39 is 18.6 Å². The summed E-state index contributed by atoms with van der Waals surface area (Å²) >= 11 is 0. The lowest BCUT2D eigenvalue weighted by atomic mass is 10.2. The van der Waals surface area contributed by atoms with Crippen molar-refractivity contribution in [1.82, 2.24) is 0 Å². The Labute approximate surface area is 101 Å². The first kappa shape index (κ1) is 14.7. The van der Waals surface area contributed by atoms with E-state index in [1.54, 1.807) is 0 Å². The molecule has 1 aromatic carbocycles. The zero-order chi connectivity index (χ0) is 13.6. The Kier molecular flexibility index (Phi) is 5.36. The Hall–Kier alpha value is -1.34. The minimum atomic E-state index is -4.36. The fraction of sp³-hybridized carbons (Fsp3) is 0.455. The molecule has 0 spiro atoms. The van der Waals surface area contributed by atoms with Gasteiger partial charge in [0.1, 0.15) is 24.8 Å². The highest BCUT2D eigenvalue weighted by molar-refractivity contribution is 5.29. The number of nitrogens with two attached hydrogens (primary N) is 1. The van der Waals surface area contributed by atoms with E-state index >= 15 is 0 Å². The molecule has 0 atom stereocenters. The lowest BCUT2D eigenvalue weighted by Crippen LogP contribution is -2.19. The predicted octanol–water partition coefficient (Wildman–Crippen LogP) is 2.24. The van der Waals surface area contributed by atoms with Crippen molar-refractivity contribution in [3.8, 4) is 5.75 Å². The first-order valence-corrected chi connectivity index (χ1v) is 5.17. The molecule has 0 unspecified atom stereocenters. The molecule has 0 radical (unpaired) electrons. The third kappa shape index (κ3) is 5.83. The van der Waals surface area contributed by atoms with Gasteiger partial charge in [-0.05, 0) is 17.7 Å². The molecule has 0 amide bonds. The first-order chi connectivity index (χ1) is 8.40. The fourth-order valence-electron chi connectivity index (χ4n) is 1.23. The van der Waals surface area contributed by atoms with Crippen LogP contribution in [0.5, 0.6) is 5.75 Å². The molecule has 2 N–H and O–H groups in total. The maximum absolute atomic E-state index is 13.0. The molecule has 0 saturated heterocycles. The molecule has 1 aromatic rings. The quantitative estimate of drug-likeness (QED) is 0.635. The van der Waals surface area contributed by atoms with Gasteiger partial charge in [0, 0.05) is 12.6 Å². The smallest absolute Gasteiger partial charge is 0.411 e. The van der Waals surface area contributed by atoms with E-state index in [1.165, 1.54) is 12.1 Å². The normalized spacial score (nSPS) is 11.6. The van der Waals surface area contributed by atoms with Crippen molar-refractivity contribution in [2.45, 2.75) is 12.7 Å².